The Morgan fingerprint density at radius 1 is 0.710 bits per heavy atom. The third-order valence-electron chi connectivity index (χ3n) is 3.88. The van der Waals surface area contributed by atoms with E-state index >= 15 is 0 Å². The van der Waals surface area contributed by atoms with Gasteiger partial charge in [0.05, 0.1) is 9.85 Å². The molecule has 0 unspecified atom stereocenters. The molecule has 0 spiro atoms. The van der Waals surface area contributed by atoms with Crippen LogP contribution >= 0.6 is 0 Å². The topological polar surface area (TPSA) is 198 Å². The summed E-state index contributed by atoms with van der Waals surface area (Å²) in [5.41, 5.74) is -0.242. The molecule has 0 saturated heterocycles. The number of rotatable bonds is 6. The molecular weight excluding hydrogens is 436 g/mol. The van der Waals surface area contributed by atoms with Crippen LogP contribution in [0.2, 0.25) is 0 Å². The summed E-state index contributed by atoms with van der Waals surface area (Å²) in [6.07, 6.45) is 0. The molecule has 0 aliphatic heterocycles. The summed E-state index contributed by atoms with van der Waals surface area (Å²) >= 11 is 0. The van der Waals surface area contributed by atoms with E-state index in [0.29, 0.717) is 0 Å². The fraction of sp³-hybridized carbons (Fsp3) is 0. The van der Waals surface area contributed by atoms with Gasteiger partial charge in [-0.3, -0.25) is 20.2 Å². The monoisotopic (exact) mass is 444 g/mol. The minimum atomic E-state index is -4.51. The molecule has 0 aliphatic rings. The van der Waals surface area contributed by atoms with E-state index in [0.717, 1.165) is 12.1 Å². The molecule has 31 heavy (non-hydrogen) atoms. The second-order valence-corrected chi connectivity index (χ2v) is 7.57. The van der Waals surface area contributed by atoms with Gasteiger partial charge in [-0.1, -0.05) is 22.3 Å². The number of aromatic nitrogens is 4. The van der Waals surface area contributed by atoms with Crippen molar-refractivity contribution in [2.75, 3.05) is 0 Å². The molecule has 2 heterocycles. The Hall–Kier alpha value is -4.53. The SMILES string of the molecule is O=[N+]([O-])c1cccc(-c2nnc(S(=O)(=O)c3nnc(-c4cccc([N+](=O)[O-])c4)o3)o2)c1. The van der Waals surface area contributed by atoms with Crippen molar-refractivity contribution in [3.63, 3.8) is 0 Å². The van der Waals surface area contributed by atoms with Gasteiger partial charge in [0.15, 0.2) is 0 Å². The largest absolute Gasteiger partial charge is 0.407 e. The molecule has 4 rings (SSSR count). The Labute approximate surface area is 171 Å². The predicted octanol–water partition coefficient (Wildman–Crippen LogP) is 2.44. The summed E-state index contributed by atoms with van der Waals surface area (Å²) in [6.45, 7) is 0. The van der Waals surface area contributed by atoms with Crippen LogP contribution in [0.4, 0.5) is 11.4 Å². The molecule has 156 valence electrons. The van der Waals surface area contributed by atoms with Crippen molar-refractivity contribution in [1.29, 1.82) is 0 Å². The summed E-state index contributed by atoms with van der Waals surface area (Å²) in [5.74, 6) is -0.554. The van der Waals surface area contributed by atoms with Crippen molar-refractivity contribution in [1.82, 2.24) is 20.4 Å². The minimum absolute atomic E-state index is 0.131. The van der Waals surface area contributed by atoms with Gasteiger partial charge in [-0.2, -0.15) is 0 Å². The molecule has 2 aromatic carbocycles. The molecule has 0 atom stereocenters. The summed E-state index contributed by atoms with van der Waals surface area (Å²) in [6, 6.07) is 10.3. The van der Waals surface area contributed by atoms with Gasteiger partial charge in [0, 0.05) is 35.4 Å². The predicted molar refractivity (Wildman–Crippen MR) is 98.2 cm³/mol. The Morgan fingerprint density at radius 3 is 1.52 bits per heavy atom. The molecule has 0 fully saturated rings. The van der Waals surface area contributed by atoms with Crippen molar-refractivity contribution in [2.24, 2.45) is 0 Å². The van der Waals surface area contributed by atoms with E-state index in [4.69, 9.17) is 8.83 Å². The van der Waals surface area contributed by atoms with Crippen LogP contribution in [0.25, 0.3) is 22.9 Å². The van der Waals surface area contributed by atoms with Crippen LogP contribution in [0, 0.1) is 20.2 Å². The molecule has 0 N–H and O–H groups in total. The van der Waals surface area contributed by atoms with Crippen molar-refractivity contribution in [2.45, 2.75) is 10.4 Å². The number of nitro groups is 2. The Balaban J connectivity index is 1.66. The maximum absolute atomic E-state index is 12.7. The molecule has 15 heteroatoms. The molecule has 0 aliphatic carbocycles. The lowest BCUT2D eigenvalue weighted by atomic mass is 10.2. The van der Waals surface area contributed by atoms with Crippen LogP contribution in [0.1, 0.15) is 0 Å². The van der Waals surface area contributed by atoms with E-state index in [9.17, 15) is 28.6 Å². The first-order valence-corrected chi connectivity index (χ1v) is 9.66. The highest BCUT2D eigenvalue weighted by Crippen LogP contribution is 2.28. The van der Waals surface area contributed by atoms with Gasteiger partial charge in [0.25, 0.3) is 11.4 Å². The highest BCUT2D eigenvalue weighted by Gasteiger charge is 2.32. The maximum Gasteiger partial charge on any atom is 0.345 e. The average Bonchev–Trinajstić information content (AvgIpc) is 3.45. The first kappa shape index (κ1) is 19.8. The molecule has 0 radical (unpaired) electrons. The normalized spacial score (nSPS) is 11.4. The summed E-state index contributed by atoms with van der Waals surface area (Å²) in [4.78, 5) is 20.5. The number of benzene rings is 2. The lowest BCUT2D eigenvalue weighted by Crippen LogP contribution is -2.02. The molecule has 0 saturated carbocycles. The van der Waals surface area contributed by atoms with Crippen LogP contribution in [0.5, 0.6) is 0 Å². The molecule has 0 amide bonds. The fourth-order valence-electron chi connectivity index (χ4n) is 2.45. The summed E-state index contributed by atoms with van der Waals surface area (Å²) in [5, 5.41) is 34.1. The smallest absolute Gasteiger partial charge is 0.345 e. The molecule has 4 aromatic rings. The van der Waals surface area contributed by atoms with E-state index in [1.165, 1.54) is 36.4 Å². The molecule has 2 aromatic heterocycles. The number of nitro benzene ring substituents is 2. The van der Waals surface area contributed by atoms with Gasteiger partial charge >= 0.3 is 20.3 Å². The zero-order valence-electron chi connectivity index (χ0n) is 15.0. The lowest BCUT2D eigenvalue weighted by molar-refractivity contribution is -0.385. The molecular formula is C16H8N6O8S. The quantitative estimate of drug-likeness (QED) is 0.311. The van der Waals surface area contributed by atoms with Crippen LogP contribution in [0.3, 0.4) is 0 Å². The van der Waals surface area contributed by atoms with Gasteiger partial charge in [-0.25, -0.2) is 8.42 Å². The van der Waals surface area contributed by atoms with Gasteiger partial charge in [0.2, 0.25) is 11.8 Å². The number of hydrogen-bond acceptors (Lipinski definition) is 12. The van der Waals surface area contributed by atoms with Gasteiger partial charge in [0.1, 0.15) is 0 Å². The van der Waals surface area contributed by atoms with Crippen molar-refractivity contribution in [3.05, 3.63) is 68.8 Å². The second-order valence-electron chi connectivity index (χ2n) is 5.86. The third kappa shape index (κ3) is 3.71. The Kier molecular flexibility index (Phi) is 4.70. The standard InChI is InChI=1S/C16H8N6O8S/c23-21(24)11-5-1-3-9(7-11)13-17-19-15(29-13)31(27,28)16-20-18-14(30-16)10-4-2-6-12(8-10)22(25)26/h1-8H. The highest BCUT2D eigenvalue weighted by atomic mass is 32.2. The third-order valence-corrected chi connectivity index (χ3v) is 5.13. The van der Waals surface area contributed by atoms with Crippen LogP contribution < -0.4 is 0 Å². The van der Waals surface area contributed by atoms with Gasteiger partial charge in [-0.05, 0) is 12.1 Å². The highest BCUT2D eigenvalue weighted by molar-refractivity contribution is 7.91. The number of non-ortho nitro benzene ring substituents is 2. The number of hydrogen-bond donors (Lipinski definition) is 0. The second kappa shape index (κ2) is 7.38. The Bertz CT molecular complexity index is 1330. The maximum atomic E-state index is 12.7. The van der Waals surface area contributed by atoms with Gasteiger partial charge < -0.3 is 8.83 Å². The zero-order chi connectivity index (χ0) is 22.2. The van der Waals surface area contributed by atoms with Crippen molar-refractivity contribution in [3.8, 4) is 22.9 Å². The average molecular weight is 444 g/mol. The lowest BCUT2D eigenvalue weighted by Gasteiger charge is -1.96. The van der Waals surface area contributed by atoms with Crippen molar-refractivity contribution < 1.29 is 27.1 Å². The van der Waals surface area contributed by atoms with E-state index in [1.807, 2.05) is 0 Å². The van der Waals surface area contributed by atoms with Gasteiger partial charge in [-0.15, -0.1) is 10.2 Å². The van der Waals surface area contributed by atoms with Crippen molar-refractivity contribution >= 4 is 21.2 Å². The van der Waals surface area contributed by atoms with E-state index < -0.39 is 30.1 Å². The van der Waals surface area contributed by atoms with E-state index in [1.54, 1.807) is 0 Å². The summed E-state index contributed by atoms with van der Waals surface area (Å²) in [7, 11) is -4.51. The first-order valence-electron chi connectivity index (χ1n) is 8.17. The minimum Gasteiger partial charge on any atom is -0.407 e. The van der Waals surface area contributed by atoms with E-state index in [-0.39, 0.29) is 34.3 Å². The molecule has 14 nitrogen and oxygen atoms in total. The van der Waals surface area contributed by atoms with E-state index in [2.05, 4.69) is 20.4 Å². The molecule has 0 bridgehead atoms. The Morgan fingerprint density at radius 2 is 1.13 bits per heavy atom. The zero-order valence-corrected chi connectivity index (χ0v) is 15.8. The number of sulfone groups is 1. The first-order chi connectivity index (χ1) is 14.8. The van der Waals surface area contributed by atoms with Crippen LogP contribution in [0.15, 0.2) is 67.8 Å². The summed E-state index contributed by atoms with van der Waals surface area (Å²) < 4.78 is 35.6. The van der Waals surface area contributed by atoms with Crippen LogP contribution in [-0.4, -0.2) is 38.7 Å². The number of nitrogens with zero attached hydrogens (tertiary/aromatic N) is 6. The van der Waals surface area contributed by atoms with Crippen LogP contribution in [-0.2, 0) is 9.84 Å². The fourth-order valence-corrected chi connectivity index (χ4v) is 3.27.